The monoisotopic (exact) mass is 293 g/mol. The van der Waals surface area contributed by atoms with Crippen LogP contribution in [0.5, 0.6) is 0 Å². The van der Waals surface area contributed by atoms with E-state index < -0.39 is 0 Å². The van der Waals surface area contributed by atoms with Crippen molar-refractivity contribution in [2.24, 2.45) is 11.8 Å². The molecule has 1 atom stereocenters. The third kappa shape index (κ3) is 5.22. The predicted molar refractivity (Wildman–Crippen MR) is 89.7 cm³/mol. The summed E-state index contributed by atoms with van der Waals surface area (Å²) in [7, 11) is 0. The van der Waals surface area contributed by atoms with Crippen molar-refractivity contribution in [2.45, 2.75) is 51.4 Å². The average Bonchev–Trinajstić information content (AvgIpc) is 2.77. The maximum Gasteiger partial charge on any atom is 0.00220 e. The molecular weight excluding hydrogens is 258 g/mol. The summed E-state index contributed by atoms with van der Waals surface area (Å²) in [6.45, 7) is 10.7. The van der Waals surface area contributed by atoms with E-state index in [1.807, 2.05) is 0 Å². The maximum atomic E-state index is 3.50. The first-order valence-corrected chi connectivity index (χ1v) is 9.55. The Bertz CT molecular complexity index is 280. The lowest BCUT2D eigenvalue weighted by Gasteiger charge is -2.38. The Morgan fingerprint density at radius 1 is 0.667 bits per heavy atom. The first kappa shape index (κ1) is 15.8. The second kappa shape index (κ2) is 8.50. The highest BCUT2D eigenvalue weighted by molar-refractivity contribution is 4.80. The van der Waals surface area contributed by atoms with Crippen LogP contribution in [0.15, 0.2) is 0 Å². The zero-order valence-corrected chi connectivity index (χ0v) is 13.9. The molecule has 3 aliphatic rings. The lowest BCUT2D eigenvalue weighted by atomic mass is 9.93. The van der Waals surface area contributed by atoms with Gasteiger partial charge in [-0.1, -0.05) is 12.8 Å². The number of nitrogens with zero attached hydrogens (tertiary/aromatic N) is 2. The molecule has 3 heterocycles. The van der Waals surface area contributed by atoms with Gasteiger partial charge in [-0.05, 0) is 83.1 Å². The third-order valence-electron chi connectivity index (χ3n) is 5.79. The molecule has 0 bridgehead atoms. The van der Waals surface area contributed by atoms with Crippen LogP contribution in [0.3, 0.4) is 0 Å². The molecular formula is C18H35N3. The van der Waals surface area contributed by atoms with Gasteiger partial charge in [0, 0.05) is 19.6 Å². The summed E-state index contributed by atoms with van der Waals surface area (Å²) in [5.41, 5.74) is 0. The van der Waals surface area contributed by atoms with E-state index in [2.05, 4.69) is 15.1 Å². The smallest absolute Gasteiger partial charge is 0.00220 e. The van der Waals surface area contributed by atoms with Crippen molar-refractivity contribution >= 4 is 0 Å². The van der Waals surface area contributed by atoms with Crippen molar-refractivity contribution < 1.29 is 0 Å². The number of likely N-dealkylation sites (tertiary alicyclic amines) is 2. The van der Waals surface area contributed by atoms with Crippen LogP contribution in [0.4, 0.5) is 0 Å². The molecule has 1 N–H and O–H groups in total. The summed E-state index contributed by atoms with van der Waals surface area (Å²) >= 11 is 0. The number of piperidine rings is 2. The van der Waals surface area contributed by atoms with Crippen molar-refractivity contribution in [2.75, 3.05) is 52.4 Å². The molecule has 1 unspecified atom stereocenters. The lowest BCUT2D eigenvalue weighted by molar-refractivity contribution is 0.113. The molecule has 3 nitrogen and oxygen atoms in total. The van der Waals surface area contributed by atoms with Gasteiger partial charge < -0.3 is 15.1 Å². The van der Waals surface area contributed by atoms with Crippen LogP contribution in [-0.2, 0) is 0 Å². The summed E-state index contributed by atoms with van der Waals surface area (Å²) in [4.78, 5) is 5.56. The van der Waals surface area contributed by atoms with Gasteiger partial charge in [0.15, 0.2) is 0 Å². The molecule has 0 aliphatic carbocycles. The summed E-state index contributed by atoms with van der Waals surface area (Å²) in [5, 5.41) is 3.50. The number of hydrogen-bond acceptors (Lipinski definition) is 3. The molecule has 0 aromatic heterocycles. The standard InChI is InChI=1S/C18H35N3/c1-2-4-12-20(11-3-1)15-18-6-5-13-21(16-18)14-17-7-9-19-10-8-17/h17-19H,1-16H2. The zero-order chi connectivity index (χ0) is 14.3. The molecule has 0 radical (unpaired) electrons. The van der Waals surface area contributed by atoms with Gasteiger partial charge in [0.1, 0.15) is 0 Å². The Morgan fingerprint density at radius 2 is 1.33 bits per heavy atom. The van der Waals surface area contributed by atoms with E-state index in [1.165, 1.54) is 104 Å². The number of nitrogens with one attached hydrogen (secondary N) is 1. The van der Waals surface area contributed by atoms with Crippen LogP contribution in [0.2, 0.25) is 0 Å². The quantitative estimate of drug-likeness (QED) is 0.859. The fraction of sp³-hybridized carbons (Fsp3) is 1.00. The SMILES string of the molecule is C1CCCN(CC2CCCN(CC3CCNCC3)C2)CC1. The largest absolute Gasteiger partial charge is 0.317 e. The molecule has 122 valence electrons. The summed E-state index contributed by atoms with van der Waals surface area (Å²) in [5.74, 6) is 1.90. The van der Waals surface area contributed by atoms with Crippen LogP contribution in [0, 0.1) is 11.8 Å². The van der Waals surface area contributed by atoms with E-state index >= 15 is 0 Å². The second-order valence-corrected chi connectivity index (χ2v) is 7.68. The molecule has 0 aromatic carbocycles. The molecule has 3 rings (SSSR count). The van der Waals surface area contributed by atoms with Gasteiger partial charge in [0.2, 0.25) is 0 Å². The molecule has 0 saturated carbocycles. The van der Waals surface area contributed by atoms with Gasteiger partial charge in [-0.3, -0.25) is 0 Å². The van der Waals surface area contributed by atoms with Gasteiger partial charge in [-0.2, -0.15) is 0 Å². The van der Waals surface area contributed by atoms with Crippen LogP contribution in [0.1, 0.15) is 51.4 Å². The van der Waals surface area contributed by atoms with Gasteiger partial charge in [-0.25, -0.2) is 0 Å². The maximum absolute atomic E-state index is 3.50. The summed E-state index contributed by atoms with van der Waals surface area (Å²) in [6, 6.07) is 0. The van der Waals surface area contributed by atoms with Crippen LogP contribution >= 0.6 is 0 Å². The normalized spacial score (nSPS) is 31.1. The fourth-order valence-electron chi connectivity index (χ4n) is 4.58. The highest BCUT2D eigenvalue weighted by Gasteiger charge is 2.24. The van der Waals surface area contributed by atoms with Crippen molar-refractivity contribution in [3.05, 3.63) is 0 Å². The van der Waals surface area contributed by atoms with E-state index in [0.29, 0.717) is 0 Å². The highest BCUT2D eigenvalue weighted by Crippen LogP contribution is 2.22. The molecule has 3 heteroatoms. The number of rotatable bonds is 4. The van der Waals surface area contributed by atoms with Gasteiger partial charge in [-0.15, -0.1) is 0 Å². The van der Waals surface area contributed by atoms with E-state index in [-0.39, 0.29) is 0 Å². The predicted octanol–water partition coefficient (Wildman–Crippen LogP) is 2.57. The molecule has 3 fully saturated rings. The zero-order valence-electron chi connectivity index (χ0n) is 13.9. The Hall–Kier alpha value is -0.120. The molecule has 3 aliphatic heterocycles. The van der Waals surface area contributed by atoms with E-state index in [4.69, 9.17) is 0 Å². The van der Waals surface area contributed by atoms with Gasteiger partial charge in [0.05, 0.1) is 0 Å². The van der Waals surface area contributed by atoms with Crippen molar-refractivity contribution in [1.82, 2.24) is 15.1 Å². The minimum Gasteiger partial charge on any atom is -0.317 e. The minimum atomic E-state index is 0.943. The van der Waals surface area contributed by atoms with E-state index in [9.17, 15) is 0 Å². The topological polar surface area (TPSA) is 18.5 Å². The van der Waals surface area contributed by atoms with Crippen molar-refractivity contribution in [1.29, 1.82) is 0 Å². The molecule has 3 saturated heterocycles. The van der Waals surface area contributed by atoms with E-state index in [1.54, 1.807) is 0 Å². The molecule has 0 spiro atoms. The average molecular weight is 293 g/mol. The Balaban J connectivity index is 1.41. The second-order valence-electron chi connectivity index (χ2n) is 7.68. The van der Waals surface area contributed by atoms with Gasteiger partial charge in [0.25, 0.3) is 0 Å². The molecule has 0 aromatic rings. The Labute approximate surface area is 131 Å². The van der Waals surface area contributed by atoms with E-state index in [0.717, 1.165) is 11.8 Å². The Kier molecular flexibility index (Phi) is 6.38. The highest BCUT2D eigenvalue weighted by atomic mass is 15.2. The number of hydrogen-bond donors (Lipinski definition) is 1. The van der Waals surface area contributed by atoms with Gasteiger partial charge >= 0.3 is 0 Å². The first-order chi connectivity index (χ1) is 10.4. The lowest BCUT2D eigenvalue weighted by Crippen LogP contribution is -2.44. The fourth-order valence-corrected chi connectivity index (χ4v) is 4.58. The van der Waals surface area contributed by atoms with Crippen LogP contribution in [-0.4, -0.2) is 62.2 Å². The van der Waals surface area contributed by atoms with Crippen molar-refractivity contribution in [3.63, 3.8) is 0 Å². The van der Waals surface area contributed by atoms with Crippen LogP contribution < -0.4 is 5.32 Å². The van der Waals surface area contributed by atoms with Crippen LogP contribution in [0.25, 0.3) is 0 Å². The Morgan fingerprint density at radius 3 is 2.10 bits per heavy atom. The first-order valence-electron chi connectivity index (χ1n) is 9.55. The molecule has 21 heavy (non-hydrogen) atoms. The summed E-state index contributed by atoms with van der Waals surface area (Å²) in [6.07, 6.45) is 11.5. The minimum absolute atomic E-state index is 0.943. The van der Waals surface area contributed by atoms with Crippen molar-refractivity contribution in [3.8, 4) is 0 Å². The third-order valence-corrected chi connectivity index (χ3v) is 5.79. The summed E-state index contributed by atoms with van der Waals surface area (Å²) < 4.78 is 0. The molecule has 0 amide bonds.